The number of carbonyl (C=O) groups is 1. The Morgan fingerprint density at radius 2 is 2.19 bits per heavy atom. The molecule has 0 amide bonds. The number of aromatic nitrogens is 1. The number of halogens is 1. The predicted molar refractivity (Wildman–Crippen MR) is 84.8 cm³/mol. The van der Waals surface area contributed by atoms with Crippen molar-refractivity contribution in [2.75, 3.05) is 12.4 Å². The molecule has 4 nitrogen and oxygen atoms in total. The van der Waals surface area contributed by atoms with E-state index < -0.39 is 5.97 Å². The number of aryl methyl sites for hydroxylation is 1. The van der Waals surface area contributed by atoms with Crippen molar-refractivity contribution in [3.63, 3.8) is 0 Å². The monoisotopic (exact) mass is 322 g/mol. The second kappa shape index (κ2) is 6.03. The zero-order chi connectivity index (χ0) is 14.8. The summed E-state index contributed by atoms with van der Waals surface area (Å²) in [5, 5.41) is 4.08. The molecule has 1 aromatic heterocycles. The summed E-state index contributed by atoms with van der Waals surface area (Å²) in [7, 11) is 1.33. The highest BCUT2D eigenvalue weighted by molar-refractivity contribution is 7.18. The molecule has 0 spiro atoms. The number of benzene rings is 1. The van der Waals surface area contributed by atoms with Crippen molar-refractivity contribution in [1.82, 2.24) is 4.98 Å². The summed E-state index contributed by atoms with van der Waals surface area (Å²) in [6, 6.07) is 6.26. The molecule has 0 radical (unpaired) electrons. The number of methoxy groups -OCH3 is 1. The van der Waals surface area contributed by atoms with Gasteiger partial charge in [-0.05, 0) is 42.9 Å². The molecule has 6 heteroatoms. The van der Waals surface area contributed by atoms with Crippen LogP contribution in [0.1, 0.15) is 33.6 Å². The van der Waals surface area contributed by atoms with Gasteiger partial charge in [0.05, 0.1) is 7.11 Å². The van der Waals surface area contributed by atoms with Crippen molar-refractivity contribution >= 4 is 39.7 Å². The molecule has 110 valence electrons. The van der Waals surface area contributed by atoms with E-state index in [0.29, 0.717) is 10.0 Å². The smallest absolute Gasteiger partial charge is 0.351 e. The lowest BCUT2D eigenvalue weighted by atomic mass is 9.90. The number of nitrogens with one attached hydrogen (secondary N) is 1. The quantitative estimate of drug-likeness (QED) is 0.860. The largest absolute Gasteiger partial charge is 0.465 e. The lowest BCUT2D eigenvalue weighted by Crippen LogP contribution is -2.05. The molecule has 1 aliphatic carbocycles. The molecule has 2 aromatic rings. The highest BCUT2D eigenvalue weighted by atomic mass is 35.5. The third kappa shape index (κ3) is 2.89. The Morgan fingerprint density at radius 1 is 1.38 bits per heavy atom. The number of carbonyl (C=O) groups excluding carboxylic acids is 1. The van der Waals surface area contributed by atoms with Crippen molar-refractivity contribution in [3.05, 3.63) is 39.4 Å². The molecule has 0 saturated carbocycles. The van der Waals surface area contributed by atoms with Gasteiger partial charge in [0.2, 0.25) is 0 Å². The van der Waals surface area contributed by atoms with Crippen molar-refractivity contribution in [2.24, 2.45) is 0 Å². The number of hydrogen-bond donors (Lipinski definition) is 1. The Kier molecular flexibility index (Phi) is 4.12. The minimum atomic E-state index is -0.458. The molecule has 0 bridgehead atoms. The number of esters is 1. The van der Waals surface area contributed by atoms with Gasteiger partial charge in [-0.2, -0.15) is 0 Å². The number of anilines is 2. The molecule has 1 aromatic carbocycles. The van der Waals surface area contributed by atoms with Gasteiger partial charge >= 0.3 is 5.97 Å². The van der Waals surface area contributed by atoms with Crippen LogP contribution in [0.25, 0.3) is 0 Å². The fourth-order valence-electron chi connectivity index (χ4n) is 2.59. The van der Waals surface area contributed by atoms with Crippen LogP contribution in [-0.4, -0.2) is 18.1 Å². The Hall–Kier alpha value is -1.59. The summed E-state index contributed by atoms with van der Waals surface area (Å²) in [4.78, 5) is 16.1. The van der Waals surface area contributed by atoms with Crippen LogP contribution in [0.3, 0.4) is 0 Å². The zero-order valence-electron chi connectivity index (χ0n) is 11.6. The van der Waals surface area contributed by atoms with Gasteiger partial charge in [-0.15, -0.1) is 0 Å². The second-order valence-corrected chi connectivity index (χ2v) is 6.26. The fraction of sp³-hybridized carbons (Fsp3) is 0.333. The first-order chi connectivity index (χ1) is 10.2. The minimum absolute atomic E-state index is 0.180. The molecular weight excluding hydrogens is 308 g/mol. The zero-order valence-corrected chi connectivity index (χ0v) is 13.2. The van der Waals surface area contributed by atoms with Gasteiger partial charge in [0.1, 0.15) is 0 Å². The molecule has 0 fully saturated rings. The maximum atomic E-state index is 11.6. The fourth-order valence-corrected chi connectivity index (χ4v) is 3.70. The van der Waals surface area contributed by atoms with Gasteiger partial charge in [-0.25, -0.2) is 9.78 Å². The molecule has 0 atom stereocenters. The van der Waals surface area contributed by atoms with Gasteiger partial charge in [0.25, 0.3) is 0 Å². The molecule has 21 heavy (non-hydrogen) atoms. The van der Waals surface area contributed by atoms with Gasteiger partial charge < -0.3 is 10.1 Å². The summed E-state index contributed by atoms with van der Waals surface area (Å²) in [5.41, 5.74) is 3.78. The average molecular weight is 323 g/mol. The van der Waals surface area contributed by atoms with Crippen LogP contribution in [0.2, 0.25) is 5.15 Å². The highest BCUT2D eigenvalue weighted by Crippen LogP contribution is 2.33. The Labute approximate surface area is 132 Å². The molecule has 1 heterocycles. The Morgan fingerprint density at radius 3 is 3.00 bits per heavy atom. The van der Waals surface area contributed by atoms with E-state index in [0.717, 1.165) is 18.5 Å². The van der Waals surface area contributed by atoms with E-state index in [-0.39, 0.29) is 5.15 Å². The van der Waals surface area contributed by atoms with Crippen LogP contribution in [0.15, 0.2) is 18.2 Å². The molecule has 1 aliphatic rings. The van der Waals surface area contributed by atoms with Crippen LogP contribution in [0.4, 0.5) is 10.8 Å². The van der Waals surface area contributed by atoms with Crippen LogP contribution in [0, 0.1) is 0 Å². The van der Waals surface area contributed by atoms with Crippen LogP contribution in [-0.2, 0) is 17.6 Å². The van der Waals surface area contributed by atoms with Crippen LogP contribution >= 0.6 is 22.9 Å². The highest BCUT2D eigenvalue weighted by Gasteiger charge is 2.19. The molecule has 3 rings (SSSR count). The van der Waals surface area contributed by atoms with Crippen molar-refractivity contribution in [3.8, 4) is 0 Å². The number of nitrogens with zero attached hydrogens (tertiary/aromatic N) is 1. The van der Waals surface area contributed by atoms with E-state index in [1.165, 1.54) is 42.4 Å². The number of ether oxygens (including phenoxy) is 1. The Bertz CT molecular complexity index is 684. The molecule has 0 unspecified atom stereocenters. The second-order valence-electron chi connectivity index (χ2n) is 4.91. The van der Waals surface area contributed by atoms with E-state index >= 15 is 0 Å². The summed E-state index contributed by atoms with van der Waals surface area (Å²) in [6.07, 6.45) is 4.64. The Balaban J connectivity index is 1.89. The van der Waals surface area contributed by atoms with Crippen molar-refractivity contribution in [1.29, 1.82) is 0 Å². The van der Waals surface area contributed by atoms with E-state index in [1.54, 1.807) is 0 Å². The van der Waals surface area contributed by atoms with E-state index in [4.69, 9.17) is 16.3 Å². The lowest BCUT2D eigenvalue weighted by Gasteiger charge is -2.19. The maximum absolute atomic E-state index is 11.6. The standard InChI is InChI=1S/C15H15ClN2O2S/c1-20-14(19)12-13(16)18-15(21-12)17-11-8-4-6-9-5-2-3-7-10(9)11/h4,6,8H,2-3,5,7H2,1H3,(H,17,18). The van der Waals surface area contributed by atoms with Crippen LogP contribution in [0.5, 0.6) is 0 Å². The van der Waals surface area contributed by atoms with Gasteiger partial charge in [0.15, 0.2) is 15.2 Å². The SMILES string of the molecule is COC(=O)c1sc(Nc2cccc3c2CCCC3)nc1Cl. The first-order valence-corrected chi connectivity index (χ1v) is 8.01. The topological polar surface area (TPSA) is 51.2 Å². The molecule has 0 aliphatic heterocycles. The van der Waals surface area contributed by atoms with Gasteiger partial charge in [-0.3, -0.25) is 0 Å². The van der Waals surface area contributed by atoms with Gasteiger partial charge in [-0.1, -0.05) is 35.1 Å². The number of fused-ring (bicyclic) bond motifs is 1. The van der Waals surface area contributed by atoms with Crippen molar-refractivity contribution < 1.29 is 9.53 Å². The summed E-state index contributed by atoms with van der Waals surface area (Å²) in [6.45, 7) is 0. The van der Waals surface area contributed by atoms with E-state index in [2.05, 4.69) is 16.4 Å². The minimum Gasteiger partial charge on any atom is -0.465 e. The summed E-state index contributed by atoms with van der Waals surface area (Å²) < 4.78 is 4.69. The van der Waals surface area contributed by atoms with Crippen molar-refractivity contribution in [2.45, 2.75) is 25.7 Å². The number of rotatable bonds is 3. The number of thiazole rings is 1. The van der Waals surface area contributed by atoms with E-state index in [1.807, 2.05) is 12.1 Å². The molecule has 1 N–H and O–H groups in total. The summed E-state index contributed by atoms with van der Waals surface area (Å²) in [5.74, 6) is -0.458. The lowest BCUT2D eigenvalue weighted by molar-refractivity contribution is 0.0606. The first-order valence-electron chi connectivity index (χ1n) is 6.81. The molecule has 0 saturated heterocycles. The van der Waals surface area contributed by atoms with E-state index in [9.17, 15) is 4.79 Å². The predicted octanol–water partition coefficient (Wildman–Crippen LogP) is 4.21. The summed E-state index contributed by atoms with van der Waals surface area (Å²) >= 11 is 7.20. The third-order valence-corrected chi connectivity index (χ3v) is 4.93. The average Bonchev–Trinajstić information content (AvgIpc) is 2.87. The van der Waals surface area contributed by atoms with Crippen LogP contribution < -0.4 is 5.32 Å². The third-order valence-electron chi connectivity index (χ3n) is 3.59. The number of hydrogen-bond acceptors (Lipinski definition) is 5. The first kappa shape index (κ1) is 14.4. The maximum Gasteiger partial charge on any atom is 0.351 e. The normalized spacial score (nSPS) is 13.6. The molecular formula is C15H15ClN2O2S. The van der Waals surface area contributed by atoms with Gasteiger partial charge in [0, 0.05) is 5.69 Å².